The smallest absolute Gasteiger partial charge is 0.325 e. The summed E-state index contributed by atoms with van der Waals surface area (Å²) in [5.41, 5.74) is 3.64. The van der Waals surface area contributed by atoms with Crippen LogP contribution in [0.25, 0.3) is 11.1 Å². The molecule has 0 saturated carbocycles. The Bertz CT molecular complexity index is 535. The number of carbonyl (C=O) groups is 1. The molecule has 1 heterocycles. The minimum Gasteiger partial charge on any atom is -0.480 e. The summed E-state index contributed by atoms with van der Waals surface area (Å²) < 4.78 is 5.44. The number of hydrogen-bond acceptors (Lipinski definition) is 4. The van der Waals surface area contributed by atoms with Crippen LogP contribution in [0.4, 0.5) is 6.01 Å². The van der Waals surface area contributed by atoms with E-state index < -0.39 is 12.0 Å². The average molecular weight is 234 g/mol. The highest BCUT2D eigenvalue weighted by Crippen LogP contribution is 2.22. The first-order valence-electron chi connectivity index (χ1n) is 5.34. The van der Waals surface area contributed by atoms with Gasteiger partial charge < -0.3 is 14.8 Å². The molecule has 0 unspecified atom stereocenters. The normalized spacial score (nSPS) is 12.6. The summed E-state index contributed by atoms with van der Waals surface area (Å²) in [6.45, 7) is 5.52. The third-order valence-electron chi connectivity index (χ3n) is 2.71. The van der Waals surface area contributed by atoms with Gasteiger partial charge in [-0.2, -0.15) is 4.98 Å². The second-order valence-electron chi connectivity index (χ2n) is 4.13. The lowest BCUT2D eigenvalue weighted by Crippen LogP contribution is -2.25. The molecular formula is C12H14N2O3. The molecule has 17 heavy (non-hydrogen) atoms. The number of nitrogens with zero attached hydrogens (tertiary/aromatic N) is 1. The van der Waals surface area contributed by atoms with E-state index in [1.54, 1.807) is 0 Å². The number of fused-ring (bicyclic) bond motifs is 1. The van der Waals surface area contributed by atoms with Crippen molar-refractivity contribution in [2.45, 2.75) is 26.8 Å². The number of carboxylic acids is 1. The first-order chi connectivity index (χ1) is 7.97. The zero-order chi connectivity index (χ0) is 12.6. The summed E-state index contributed by atoms with van der Waals surface area (Å²) in [7, 11) is 0. The van der Waals surface area contributed by atoms with Gasteiger partial charge in [0.1, 0.15) is 11.6 Å². The van der Waals surface area contributed by atoms with E-state index in [2.05, 4.69) is 10.3 Å². The maximum Gasteiger partial charge on any atom is 0.325 e. The number of aromatic nitrogens is 1. The van der Waals surface area contributed by atoms with Crippen LogP contribution in [0.2, 0.25) is 0 Å². The number of nitrogens with one attached hydrogen (secondary N) is 1. The zero-order valence-electron chi connectivity index (χ0n) is 9.94. The molecule has 0 aliphatic rings. The van der Waals surface area contributed by atoms with Gasteiger partial charge in [0.05, 0.1) is 0 Å². The first-order valence-corrected chi connectivity index (χ1v) is 5.34. The van der Waals surface area contributed by atoms with Crippen LogP contribution in [0.3, 0.4) is 0 Å². The Kier molecular flexibility index (Phi) is 2.75. The van der Waals surface area contributed by atoms with Crippen LogP contribution in [0.1, 0.15) is 18.1 Å². The van der Waals surface area contributed by atoms with Crippen molar-refractivity contribution < 1.29 is 14.3 Å². The Balaban J connectivity index is 2.35. The van der Waals surface area contributed by atoms with Gasteiger partial charge in [-0.15, -0.1) is 0 Å². The van der Waals surface area contributed by atoms with Crippen LogP contribution in [-0.2, 0) is 4.79 Å². The molecule has 1 aromatic carbocycles. The number of aliphatic carboxylic acids is 1. The van der Waals surface area contributed by atoms with Gasteiger partial charge >= 0.3 is 5.97 Å². The standard InChI is InChI=1S/C12H14N2O3/c1-6-4-9-10(5-7(6)2)17-12(14-9)13-8(3)11(15)16/h4-5,8H,1-3H3,(H,13,14)(H,15,16)/t8-/m1/s1. The number of anilines is 1. The number of oxazole rings is 1. The molecule has 0 fully saturated rings. The summed E-state index contributed by atoms with van der Waals surface area (Å²) in [5.74, 6) is -0.945. The van der Waals surface area contributed by atoms with Crippen molar-refractivity contribution in [3.05, 3.63) is 23.3 Å². The Morgan fingerprint density at radius 1 is 1.41 bits per heavy atom. The van der Waals surface area contributed by atoms with Gasteiger partial charge in [0.15, 0.2) is 5.58 Å². The fourth-order valence-electron chi connectivity index (χ4n) is 1.49. The van der Waals surface area contributed by atoms with E-state index in [-0.39, 0.29) is 6.01 Å². The zero-order valence-corrected chi connectivity index (χ0v) is 9.94. The van der Waals surface area contributed by atoms with Crippen molar-refractivity contribution in [1.29, 1.82) is 0 Å². The van der Waals surface area contributed by atoms with E-state index in [0.29, 0.717) is 5.58 Å². The van der Waals surface area contributed by atoms with Gasteiger partial charge in [0.2, 0.25) is 0 Å². The van der Waals surface area contributed by atoms with Crippen molar-refractivity contribution in [3.63, 3.8) is 0 Å². The summed E-state index contributed by atoms with van der Waals surface area (Å²) in [5, 5.41) is 11.5. The Morgan fingerprint density at radius 3 is 2.71 bits per heavy atom. The van der Waals surface area contributed by atoms with Gasteiger partial charge in [-0.25, -0.2) is 0 Å². The van der Waals surface area contributed by atoms with E-state index in [0.717, 1.165) is 16.6 Å². The molecule has 5 heteroatoms. The summed E-state index contributed by atoms with van der Waals surface area (Å²) >= 11 is 0. The van der Waals surface area contributed by atoms with Crippen LogP contribution < -0.4 is 5.32 Å². The highest BCUT2D eigenvalue weighted by molar-refractivity contribution is 5.79. The highest BCUT2D eigenvalue weighted by Gasteiger charge is 2.14. The molecule has 2 N–H and O–H groups in total. The molecule has 2 aromatic rings. The fraction of sp³-hybridized carbons (Fsp3) is 0.333. The predicted molar refractivity (Wildman–Crippen MR) is 64.2 cm³/mol. The maximum absolute atomic E-state index is 10.7. The van der Waals surface area contributed by atoms with E-state index in [1.807, 2.05) is 26.0 Å². The molecule has 2 rings (SSSR count). The van der Waals surface area contributed by atoms with Gasteiger partial charge in [-0.05, 0) is 44.0 Å². The molecule has 0 aliphatic carbocycles. The lowest BCUT2D eigenvalue weighted by atomic mass is 10.1. The Morgan fingerprint density at radius 2 is 2.06 bits per heavy atom. The number of carboxylic acid groups (broad SMARTS) is 1. The highest BCUT2D eigenvalue weighted by atomic mass is 16.4. The molecule has 1 atom stereocenters. The van der Waals surface area contributed by atoms with Crippen molar-refractivity contribution in [1.82, 2.24) is 4.98 Å². The molecule has 1 aromatic heterocycles. The number of hydrogen-bond donors (Lipinski definition) is 2. The second kappa shape index (κ2) is 4.08. The summed E-state index contributed by atoms with van der Waals surface area (Å²) in [6.07, 6.45) is 0. The average Bonchev–Trinajstić information content (AvgIpc) is 2.60. The van der Waals surface area contributed by atoms with E-state index in [9.17, 15) is 4.79 Å². The van der Waals surface area contributed by atoms with E-state index in [1.165, 1.54) is 6.92 Å². The van der Waals surface area contributed by atoms with Crippen LogP contribution in [0.5, 0.6) is 0 Å². The van der Waals surface area contributed by atoms with Crippen LogP contribution in [0.15, 0.2) is 16.5 Å². The Labute approximate surface area is 98.5 Å². The van der Waals surface area contributed by atoms with Crippen molar-refractivity contribution in [2.75, 3.05) is 5.32 Å². The Hall–Kier alpha value is -2.04. The first kappa shape index (κ1) is 11.4. The number of benzene rings is 1. The van der Waals surface area contributed by atoms with Gasteiger partial charge in [-0.3, -0.25) is 4.79 Å². The van der Waals surface area contributed by atoms with Gasteiger partial charge in [-0.1, -0.05) is 0 Å². The predicted octanol–water partition coefficient (Wildman–Crippen LogP) is 2.33. The largest absolute Gasteiger partial charge is 0.480 e. The molecule has 0 aliphatic heterocycles. The molecule has 0 saturated heterocycles. The topological polar surface area (TPSA) is 75.4 Å². The molecule has 5 nitrogen and oxygen atoms in total. The van der Waals surface area contributed by atoms with Crippen molar-refractivity contribution in [2.24, 2.45) is 0 Å². The molecular weight excluding hydrogens is 220 g/mol. The minimum absolute atomic E-state index is 0.236. The fourth-order valence-corrected chi connectivity index (χ4v) is 1.49. The molecule has 90 valence electrons. The lowest BCUT2D eigenvalue weighted by Gasteiger charge is -2.04. The minimum atomic E-state index is -0.945. The van der Waals surface area contributed by atoms with Crippen LogP contribution in [-0.4, -0.2) is 22.1 Å². The molecule has 0 bridgehead atoms. The third kappa shape index (κ3) is 2.22. The van der Waals surface area contributed by atoms with Gasteiger partial charge in [0.25, 0.3) is 6.01 Å². The quantitative estimate of drug-likeness (QED) is 0.852. The molecule has 0 radical (unpaired) electrons. The maximum atomic E-state index is 10.7. The summed E-state index contributed by atoms with van der Waals surface area (Å²) in [4.78, 5) is 14.9. The SMILES string of the molecule is Cc1cc2nc(N[C@H](C)C(=O)O)oc2cc1C. The van der Waals surface area contributed by atoms with Crippen LogP contribution in [0, 0.1) is 13.8 Å². The monoisotopic (exact) mass is 234 g/mol. The number of aryl methyl sites for hydroxylation is 2. The third-order valence-corrected chi connectivity index (χ3v) is 2.71. The lowest BCUT2D eigenvalue weighted by molar-refractivity contribution is -0.137. The van der Waals surface area contributed by atoms with Crippen LogP contribution >= 0.6 is 0 Å². The number of rotatable bonds is 3. The van der Waals surface area contributed by atoms with E-state index in [4.69, 9.17) is 9.52 Å². The van der Waals surface area contributed by atoms with Gasteiger partial charge in [0, 0.05) is 0 Å². The molecule has 0 amide bonds. The second-order valence-corrected chi connectivity index (χ2v) is 4.13. The van der Waals surface area contributed by atoms with Crippen molar-refractivity contribution >= 4 is 23.1 Å². The molecule has 0 spiro atoms. The van der Waals surface area contributed by atoms with E-state index >= 15 is 0 Å². The summed E-state index contributed by atoms with van der Waals surface area (Å²) in [6, 6.07) is 3.32. The van der Waals surface area contributed by atoms with Crippen molar-refractivity contribution in [3.8, 4) is 0 Å².